The smallest absolute Gasteiger partial charge is 0.241 e. The van der Waals surface area contributed by atoms with Gasteiger partial charge in [-0.05, 0) is 37.3 Å². The lowest BCUT2D eigenvalue weighted by atomic mass is 10.0. The number of nitrogens with two attached hydrogens (primary N) is 1. The van der Waals surface area contributed by atoms with E-state index in [1.54, 1.807) is 0 Å². The first-order valence-corrected chi connectivity index (χ1v) is 8.28. The number of rotatable bonds is 6. The number of likely N-dealkylation sites (tertiary alicyclic amines) is 1. The van der Waals surface area contributed by atoms with Crippen molar-refractivity contribution in [2.45, 2.75) is 33.2 Å². The lowest BCUT2D eigenvalue weighted by Gasteiger charge is -2.19. The molecule has 1 aromatic rings. The molecular weight excluding hydrogens is 274 g/mol. The van der Waals surface area contributed by atoms with Gasteiger partial charge in [0.1, 0.15) is 6.04 Å². The van der Waals surface area contributed by atoms with Crippen molar-refractivity contribution in [3.63, 3.8) is 0 Å². The van der Waals surface area contributed by atoms with Crippen molar-refractivity contribution in [3.05, 3.63) is 35.4 Å². The van der Waals surface area contributed by atoms with Crippen LogP contribution in [0.5, 0.6) is 0 Å². The SMILES string of the molecule is Cc1ccc(C(N)C(=O)NCC2CCN(CC(C)C)C2)cc1. The molecule has 1 aliphatic heterocycles. The van der Waals surface area contributed by atoms with E-state index in [1.165, 1.54) is 5.56 Å². The number of amides is 1. The Kier molecular flexibility index (Phi) is 5.98. The lowest BCUT2D eigenvalue weighted by molar-refractivity contribution is -0.122. The Hall–Kier alpha value is -1.39. The van der Waals surface area contributed by atoms with Gasteiger partial charge < -0.3 is 16.0 Å². The van der Waals surface area contributed by atoms with Crippen LogP contribution in [0.25, 0.3) is 0 Å². The molecule has 0 aliphatic carbocycles. The highest BCUT2D eigenvalue weighted by Gasteiger charge is 2.24. The van der Waals surface area contributed by atoms with E-state index in [0.29, 0.717) is 11.8 Å². The van der Waals surface area contributed by atoms with Gasteiger partial charge in [0.05, 0.1) is 0 Å². The number of carbonyl (C=O) groups is 1. The fraction of sp³-hybridized carbons (Fsp3) is 0.611. The molecule has 1 aromatic carbocycles. The first kappa shape index (κ1) is 17.0. The van der Waals surface area contributed by atoms with Crippen molar-refractivity contribution >= 4 is 5.91 Å². The second kappa shape index (κ2) is 7.75. The topological polar surface area (TPSA) is 58.4 Å². The first-order valence-electron chi connectivity index (χ1n) is 8.28. The van der Waals surface area contributed by atoms with Gasteiger partial charge in [0, 0.05) is 19.6 Å². The zero-order valence-electron chi connectivity index (χ0n) is 14.0. The molecule has 0 bridgehead atoms. The van der Waals surface area contributed by atoms with Crippen LogP contribution in [0, 0.1) is 18.8 Å². The number of carbonyl (C=O) groups excluding carboxylic acids is 1. The Balaban J connectivity index is 1.77. The minimum Gasteiger partial charge on any atom is -0.354 e. The van der Waals surface area contributed by atoms with Crippen LogP contribution in [-0.4, -0.2) is 37.0 Å². The molecule has 22 heavy (non-hydrogen) atoms. The van der Waals surface area contributed by atoms with E-state index in [-0.39, 0.29) is 5.91 Å². The Labute approximate surface area is 134 Å². The molecule has 1 amide bonds. The van der Waals surface area contributed by atoms with E-state index < -0.39 is 6.04 Å². The summed E-state index contributed by atoms with van der Waals surface area (Å²) in [6.07, 6.45) is 1.16. The Morgan fingerprint density at radius 2 is 2.05 bits per heavy atom. The number of hydrogen-bond acceptors (Lipinski definition) is 3. The van der Waals surface area contributed by atoms with E-state index in [0.717, 1.165) is 38.2 Å². The minimum atomic E-state index is -0.575. The molecule has 0 spiro atoms. The highest BCUT2D eigenvalue weighted by Crippen LogP contribution is 2.17. The molecule has 1 heterocycles. The number of benzene rings is 1. The Morgan fingerprint density at radius 1 is 1.36 bits per heavy atom. The van der Waals surface area contributed by atoms with Crippen LogP contribution in [0.4, 0.5) is 0 Å². The first-order chi connectivity index (χ1) is 10.5. The lowest BCUT2D eigenvalue weighted by Crippen LogP contribution is -2.37. The van der Waals surface area contributed by atoms with Crippen molar-refractivity contribution < 1.29 is 4.79 Å². The third kappa shape index (κ3) is 4.82. The van der Waals surface area contributed by atoms with Gasteiger partial charge in [0.2, 0.25) is 5.91 Å². The Bertz CT molecular complexity index is 484. The van der Waals surface area contributed by atoms with Gasteiger partial charge in [-0.15, -0.1) is 0 Å². The average Bonchev–Trinajstić information content (AvgIpc) is 2.91. The fourth-order valence-electron chi connectivity index (χ4n) is 3.04. The Morgan fingerprint density at radius 3 is 2.68 bits per heavy atom. The van der Waals surface area contributed by atoms with Gasteiger partial charge in [-0.25, -0.2) is 0 Å². The number of nitrogens with zero attached hydrogens (tertiary/aromatic N) is 1. The number of hydrogen-bond donors (Lipinski definition) is 2. The predicted molar refractivity (Wildman–Crippen MR) is 90.5 cm³/mol. The second-order valence-corrected chi connectivity index (χ2v) is 6.94. The molecule has 122 valence electrons. The maximum Gasteiger partial charge on any atom is 0.241 e. The maximum atomic E-state index is 12.2. The predicted octanol–water partition coefficient (Wildman–Crippen LogP) is 2.09. The normalized spacial score (nSPS) is 20.3. The molecule has 0 saturated carbocycles. The van der Waals surface area contributed by atoms with Gasteiger partial charge in [-0.2, -0.15) is 0 Å². The molecule has 2 unspecified atom stereocenters. The maximum absolute atomic E-state index is 12.2. The highest BCUT2D eigenvalue weighted by atomic mass is 16.2. The van der Waals surface area contributed by atoms with E-state index in [2.05, 4.69) is 24.1 Å². The van der Waals surface area contributed by atoms with Crippen LogP contribution in [0.3, 0.4) is 0 Å². The standard InChI is InChI=1S/C18H29N3O/c1-13(2)11-21-9-8-15(12-21)10-20-18(22)17(19)16-6-4-14(3)5-7-16/h4-7,13,15,17H,8-12,19H2,1-3H3,(H,20,22). The molecule has 1 saturated heterocycles. The second-order valence-electron chi connectivity index (χ2n) is 6.94. The van der Waals surface area contributed by atoms with Gasteiger partial charge in [-0.3, -0.25) is 4.79 Å². The van der Waals surface area contributed by atoms with Crippen molar-refractivity contribution in [1.82, 2.24) is 10.2 Å². The third-order valence-corrected chi connectivity index (χ3v) is 4.28. The molecular formula is C18H29N3O. The zero-order valence-corrected chi connectivity index (χ0v) is 14.0. The van der Waals surface area contributed by atoms with E-state index in [9.17, 15) is 4.79 Å². The fourth-order valence-corrected chi connectivity index (χ4v) is 3.04. The number of nitrogens with one attached hydrogen (secondary N) is 1. The van der Waals surface area contributed by atoms with E-state index >= 15 is 0 Å². The van der Waals surface area contributed by atoms with Gasteiger partial charge in [-0.1, -0.05) is 43.7 Å². The van der Waals surface area contributed by atoms with Crippen LogP contribution in [0.2, 0.25) is 0 Å². The summed E-state index contributed by atoms with van der Waals surface area (Å²) in [7, 11) is 0. The molecule has 3 N–H and O–H groups in total. The monoisotopic (exact) mass is 303 g/mol. The summed E-state index contributed by atoms with van der Waals surface area (Å²) in [5, 5.41) is 3.02. The number of aryl methyl sites for hydroxylation is 1. The van der Waals surface area contributed by atoms with Crippen LogP contribution in [0.15, 0.2) is 24.3 Å². The van der Waals surface area contributed by atoms with Crippen LogP contribution in [-0.2, 0) is 4.79 Å². The van der Waals surface area contributed by atoms with Gasteiger partial charge >= 0.3 is 0 Å². The van der Waals surface area contributed by atoms with Crippen molar-refractivity contribution in [1.29, 1.82) is 0 Å². The summed E-state index contributed by atoms with van der Waals surface area (Å²) < 4.78 is 0. The van der Waals surface area contributed by atoms with Crippen LogP contribution in [0.1, 0.15) is 37.4 Å². The zero-order chi connectivity index (χ0) is 16.1. The largest absolute Gasteiger partial charge is 0.354 e. The summed E-state index contributed by atoms with van der Waals surface area (Å²) in [5.41, 5.74) is 8.09. The van der Waals surface area contributed by atoms with Crippen molar-refractivity contribution in [3.8, 4) is 0 Å². The molecule has 4 nitrogen and oxygen atoms in total. The average molecular weight is 303 g/mol. The van der Waals surface area contributed by atoms with Crippen LogP contribution >= 0.6 is 0 Å². The molecule has 2 atom stereocenters. The summed E-state index contributed by atoms with van der Waals surface area (Å²) in [6, 6.07) is 7.26. The quantitative estimate of drug-likeness (QED) is 0.846. The molecule has 4 heteroatoms. The van der Waals surface area contributed by atoms with Crippen molar-refractivity contribution in [2.75, 3.05) is 26.2 Å². The molecule has 0 aromatic heterocycles. The third-order valence-electron chi connectivity index (χ3n) is 4.28. The highest BCUT2D eigenvalue weighted by molar-refractivity contribution is 5.82. The summed E-state index contributed by atoms with van der Waals surface area (Å²) in [4.78, 5) is 14.7. The minimum absolute atomic E-state index is 0.0776. The molecule has 2 rings (SSSR count). The van der Waals surface area contributed by atoms with Gasteiger partial charge in [0.15, 0.2) is 0 Å². The van der Waals surface area contributed by atoms with E-state index in [1.807, 2.05) is 31.2 Å². The summed E-state index contributed by atoms with van der Waals surface area (Å²) in [6.45, 7) is 10.6. The van der Waals surface area contributed by atoms with Crippen LogP contribution < -0.4 is 11.1 Å². The summed E-state index contributed by atoms with van der Waals surface area (Å²) in [5.74, 6) is 1.17. The molecule has 1 fully saturated rings. The van der Waals surface area contributed by atoms with Crippen molar-refractivity contribution in [2.24, 2.45) is 17.6 Å². The molecule has 1 aliphatic rings. The van der Waals surface area contributed by atoms with E-state index in [4.69, 9.17) is 5.73 Å². The molecule has 0 radical (unpaired) electrons. The summed E-state index contributed by atoms with van der Waals surface area (Å²) >= 11 is 0. The van der Waals surface area contributed by atoms with Gasteiger partial charge in [0.25, 0.3) is 0 Å².